The lowest BCUT2D eigenvalue weighted by Crippen LogP contribution is -2.46. The van der Waals surface area contributed by atoms with E-state index in [9.17, 15) is 9.90 Å². The molecule has 32 heavy (non-hydrogen) atoms. The van der Waals surface area contributed by atoms with E-state index in [-0.39, 0.29) is 17.9 Å². The van der Waals surface area contributed by atoms with E-state index in [2.05, 4.69) is 25.0 Å². The monoisotopic (exact) mass is 439 g/mol. The van der Waals surface area contributed by atoms with Gasteiger partial charge in [-0.05, 0) is 87.4 Å². The first-order valence-electron chi connectivity index (χ1n) is 12.9. The number of hydrogen-bond donors (Lipinski definition) is 1. The van der Waals surface area contributed by atoms with Crippen molar-refractivity contribution in [2.75, 3.05) is 0 Å². The van der Waals surface area contributed by atoms with E-state index in [1.165, 1.54) is 38.3 Å². The van der Waals surface area contributed by atoms with Gasteiger partial charge in [0.25, 0.3) is 0 Å². The molecular formula is C27H41N3O2. The van der Waals surface area contributed by atoms with E-state index in [0.29, 0.717) is 23.2 Å². The minimum Gasteiger partial charge on any atom is -0.390 e. The second-order valence-electron chi connectivity index (χ2n) is 11.7. The number of unbranched alkanes of at least 4 members (excludes halogenated alkanes) is 1. The van der Waals surface area contributed by atoms with E-state index in [4.69, 9.17) is 5.26 Å². The molecule has 3 aliphatic carbocycles. The van der Waals surface area contributed by atoms with Gasteiger partial charge in [-0.3, -0.25) is 9.48 Å². The number of hydrogen-bond acceptors (Lipinski definition) is 4. The molecule has 0 saturated heterocycles. The fraction of sp³-hybridized carbons (Fsp3) is 0.815. The Morgan fingerprint density at radius 3 is 2.88 bits per heavy atom. The first kappa shape index (κ1) is 23.5. The summed E-state index contributed by atoms with van der Waals surface area (Å²) in [7, 11) is 0. The maximum Gasteiger partial charge on any atom is 0.157 e. The van der Waals surface area contributed by atoms with Gasteiger partial charge in [-0.25, -0.2) is 0 Å². The first-order chi connectivity index (χ1) is 15.3. The lowest BCUT2D eigenvalue weighted by atomic mass is 9.53. The van der Waals surface area contributed by atoms with Crippen molar-refractivity contribution >= 4 is 5.78 Å². The molecule has 7 atom stereocenters. The molecule has 0 aliphatic heterocycles. The van der Waals surface area contributed by atoms with Crippen LogP contribution >= 0.6 is 0 Å². The third-order valence-electron chi connectivity index (χ3n) is 9.40. The Balaban J connectivity index is 1.37. The Morgan fingerprint density at radius 1 is 1.34 bits per heavy atom. The van der Waals surface area contributed by atoms with Crippen LogP contribution in [-0.2, 0) is 11.3 Å². The van der Waals surface area contributed by atoms with Crippen LogP contribution in [0.5, 0.6) is 0 Å². The summed E-state index contributed by atoms with van der Waals surface area (Å²) in [6, 6.07) is 2.09. The highest BCUT2D eigenvalue weighted by Gasteiger charge is 2.56. The van der Waals surface area contributed by atoms with Gasteiger partial charge in [0.15, 0.2) is 5.78 Å². The number of rotatable bonds is 8. The van der Waals surface area contributed by atoms with Crippen LogP contribution in [0, 0.1) is 46.3 Å². The molecule has 0 bridgehead atoms. The maximum atomic E-state index is 13.3. The summed E-state index contributed by atoms with van der Waals surface area (Å²) in [5, 5.41) is 24.1. The molecule has 3 saturated carbocycles. The van der Waals surface area contributed by atoms with Gasteiger partial charge in [-0.2, -0.15) is 10.4 Å². The average molecular weight is 440 g/mol. The number of Topliss-reactive ketones (excluding diaryl/α,β-unsaturated/α-hetero) is 1. The standard InChI is InChI=1S/C27H41N3O2/c1-4-5-11-26(2,32)14-19-6-7-22-21(13-19)10-12-27(3)23(22)8-9-24(27)25(31)18-30-17-20(15-28)16-29-30/h16-17,19,21-24,32H,4-14,18H2,1-3H3/t19-,21-,22-,23+,24-,26?,27+/m1/s1. The number of nitriles is 1. The van der Waals surface area contributed by atoms with Gasteiger partial charge < -0.3 is 5.11 Å². The number of carbonyl (C=O) groups is 1. The zero-order valence-corrected chi connectivity index (χ0v) is 20.2. The molecule has 5 heteroatoms. The number of fused-ring (bicyclic) bond motifs is 3. The van der Waals surface area contributed by atoms with Gasteiger partial charge in [-0.1, -0.05) is 33.1 Å². The van der Waals surface area contributed by atoms with Crippen LogP contribution in [0.4, 0.5) is 0 Å². The summed E-state index contributed by atoms with van der Waals surface area (Å²) in [5.74, 6) is 3.24. The number of aromatic nitrogens is 2. The van der Waals surface area contributed by atoms with Crippen molar-refractivity contribution in [3.63, 3.8) is 0 Å². The van der Waals surface area contributed by atoms with Crippen molar-refractivity contribution < 1.29 is 9.90 Å². The fourth-order valence-electron chi connectivity index (χ4n) is 7.84. The predicted octanol–water partition coefficient (Wildman–Crippen LogP) is 5.51. The highest BCUT2D eigenvalue weighted by molar-refractivity contribution is 5.82. The second kappa shape index (κ2) is 9.29. The molecule has 1 aromatic rings. The zero-order valence-electron chi connectivity index (χ0n) is 20.2. The summed E-state index contributed by atoms with van der Waals surface area (Å²) in [6.07, 6.45) is 15.7. The van der Waals surface area contributed by atoms with Crippen molar-refractivity contribution in [2.45, 2.75) is 104 Å². The van der Waals surface area contributed by atoms with Crippen molar-refractivity contribution in [1.82, 2.24) is 9.78 Å². The molecule has 3 fully saturated rings. The zero-order chi connectivity index (χ0) is 22.9. The number of nitrogens with zero attached hydrogens (tertiary/aromatic N) is 3. The molecular weight excluding hydrogens is 398 g/mol. The van der Waals surface area contributed by atoms with Crippen LogP contribution in [0.15, 0.2) is 12.4 Å². The summed E-state index contributed by atoms with van der Waals surface area (Å²) < 4.78 is 1.64. The van der Waals surface area contributed by atoms with Crippen molar-refractivity contribution in [3.8, 4) is 6.07 Å². The maximum absolute atomic E-state index is 13.3. The lowest BCUT2D eigenvalue weighted by Gasteiger charge is -2.52. The van der Waals surface area contributed by atoms with E-state index < -0.39 is 5.60 Å². The van der Waals surface area contributed by atoms with Crippen LogP contribution < -0.4 is 0 Å². The third kappa shape index (κ3) is 4.67. The summed E-state index contributed by atoms with van der Waals surface area (Å²) in [6.45, 7) is 6.91. The first-order valence-corrected chi connectivity index (χ1v) is 12.9. The molecule has 0 aromatic carbocycles. The summed E-state index contributed by atoms with van der Waals surface area (Å²) in [4.78, 5) is 13.3. The SMILES string of the molecule is CCCCC(C)(O)C[C@@H]1CC[C@@H]2[C@H](CC[C@]3(C)[C@@H](C(=O)Cn4cc(C#N)cn4)CC[C@@H]23)C1. The Bertz CT molecular complexity index is 853. The summed E-state index contributed by atoms with van der Waals surface area (Å²) in [5.41, 5.74) is 0.113. The minimum absolute atomic E-state index is 0.114. The highest BCUT2D eigenvalue weighted by Crippen LogP contribution is 2.62. The number of ketones is 1. The van der Waals surface area contributed by atoms with Gasteiger partial charge >= 0.3 is 0 Å². The highest BCUT2D eigenvalue weighted by atomic mass is 16.3. The quantitative estimate of drug-likeness (QED) is 0.579. The molecule has 4 rings (SSSR count). The Hall–Kier alpha value is -1.67. The molecule has 3 aliphatic rings. The van der Waals surface area contributed by atoms with Gasteiger partial charge in [0.1, 0.15) is 6.07 Å². The topological polar surface area (TPSA) is 78.9 Å². The van der Waals surface area contributed by atoms with Crippen LogP contribution in [0.3, 0.4) is 0 Å². The van der Waals surface area contributed by atoms with Crippen molar-refractivity contribution in [3.05, 3.63) is 18.0 Å². The van der Waals surface area contributed by atoms with E-state index in [1.54, 1.807) is 10.9 Å². The second-order valence-corrected chi connectivity index (χ2v) is 11.7. The van der Waals surface area contributed by atoms with Crippen LogP contribution in [0.1, 0.15) is 97.0 Å². The van der Waals surface area contributed by atoms with E-state index in [0.717, 1.165) is 50.4 Å². The van der Waals surface area contributed by atoms with Crippen LogP contribution in [0.25, 0.3) is 0 Å². The summed E-state index contributed by atoms with van der Waals surface area (Å²) >= 11 is 0. The molecule has 1 aromatic heterocycles. The van der Waals surface area contributed by atoms with Crippen molar-refractivity contribution in [1.29, 1.82) is 5.26 Å². The third-order valence-corrected chi connectivity index (χ3v) is 9.40. The molecule has 176 valence electrons. The van der Waals surface area contributed by atoms with Crippen LogP contribution in [-0.4, -0.2) is 26.3 Å². The lowest BCUT2D eigenvalue weighted by molar-refractivity contribution is -0.130. The fourth-order valence-corrected chi connectivity index (χ4v) is 7.84. The Labute approximate surface area is 193 Å². The predicted molar refractivity (Wildman–Crippen MR) is 125 cm³/mol. The molecule has 0 radical (unpaired) electrons. The number of aliphatic hydroxyl groups is 1. The molecule has 5 nitrogen and oxygen atoms in total. The number of carbonyl (C=O) groups excluding carboxylic acids is 1. The van der Waals surface area contributed by atoms with Gasteiger partial charge in [0, 0.05) is 12.1 Å². The molecule has 0 spiro atoms. The van der Waals surface area contributed by atoms with Gasteiger partial charge in [-0.15, -0.1) is 0 Å². The Kier molecular flexibility index (Phi) is 6.82. The molecule has 0 amide bonds. The largest absolute Gasteiger partial charge is 0.390 e. The molecule has 1 N–H and O–H groups in total. The van der Waals surface area contributed by atoms with E-state index >= 15 is 0 Å². The molecule has 1 unspecified atom stereocenters. The minimum atomic E-state index is -0.514. The smallest absolute Gasteiger partial charge is 0.157 e. The average Bonchev–Trinajstić information content (AvgIpc) is 3.35. The van der Waals surface area contributed by atoms with Gasteiger partial charge in [0.2, 0.25) is 0 Å². The van der Waals surface area contributed by atoms with E-state index in [1.807, 2.05) is 6.92 Å². The normalized spacial score (nSPS) is 36.0. The van der Waals surface area contributed by atoms with Gasteiger partial charge in [0.05, 0.1) is 23.9 Å². The van der Waals surface area contributed by atoms with Crippen molar-refractivity contribution in [2.24, 2.45) is 35.0 Å². The van der Waals surface area contributed by atoms with Crippen LogP contribution in [0.2, 0.25) is 0 Å². The molecule has 1 heterocycles. The Morgan fingerprint density at radius 2 is 2.16 bits per heavy atom.